The van der Waals surface area contributed by atoms with E-state index in [1.807, 2.05) is 18.3 Å². The second-order valence-electron chi connectivity index (χ2n) is 7.68. The van der Waals surface area contributed by atoms with Crippen molar-refractivity contribution in [3.8, 4) is 11.4 Å². The third kappa shape index (κ3) is 4.58. The Morgan fingerprint density at radius 2 is 1.79 bits per heavy atom. The van der Waals surface area contributed by atoms with E-state index in [2.05, 4.69) is 40.0 Å². The first-order valence-electron chi connectivity index (χ1n) is 10.6. The van der Waals surface area contributed by atoms with Gasteiger partial charge in [-0.15, -0.1) is 0 Å². The van der Waals surface area contributed by atoms with Gasteiger partial charge in [-0.3, -0.25) is 4.90 Å². The molecule has 33 heavy (non-hydrogen) atoms. The lowest BCUT2D eigenvalue weighted by atomic mass is 10.2. The van der Waals surface area contributed by atoms with E-state index in [1.54, 1.807) is 18.2 Å². The quantitative estimate of drug-likeness (QED) is 0.381. The van der Waals surface area contributed by atoms with Crippen LogP contribution in [-0.4, -0.2) is 74.3 Å². The van der Waals surface area contributed by atoms with Crippen LogP contribution in [0.3, 0.4) is 0 Å². The van der Waals surface area contributed by atoms with Crippen molar-refractivity contribution in [3.63, 3.8) is 0 Å². The predicted molar refractivity (Wildman–Crippen MR) is 130 cm³/mol. The molecule has 4 heterocycles. The number of imidazole rings is 1. The molecule has 0 radical (unpaired) electrons. The van der Waals surface area contributed by atoms with Gasteiger partial charge >= 0.3 is 0 Å². The van der Waals surface area contributed by atoms with Gasteiger partial charge in [0.25, 0.3) is 0 Å². The van der Waals surface area contributed by atoms with Crippen LogP contribution in [0, 0.1) is 0 Å². The summed E-state index contributed by atoms with van der Waals surface area (Å²) in [6, 6.07) is 9.27. The Balaban J connectivity index is 1.35. The van der Waals surface area contributed by atoms with Crippen molar-refractivity contribution >= 4 is 51.7 Å². The number of anilines is 3. The maximum atomic E-state index is 9.10. The van der Waals surface area contributed by atoms with E-state index >= 15 is 0 Å². The molecule has 0 bridgehead atoms. The fourth-order valence-electron chi connectivity index (χ4n) is 3.91. The molecular formula is C22H22Cl2N8O. The molecule has 170 valence electrons. The molecule has 1 aromatic carbocycles. The number of piperazine rings is 1. The van der Waals surface area contributed by atoms with E-state index in [1.165, 1.54) is 6.33 Å². The smallest absolute Gasteiger partial charge is 0.183 e. The summed E-state index contributed by atoms with van der Waals surface area (Å²) in [5.41, 5.74) is 2.81. The van der Waals surface area contributed by atoms with Crippen LogP contribution in [0.5, 0.6) is 0 Å². The summed E-state index contributed by atoms with van der Waals surface area (Å²) in [6.45, 7) is 4.58. The third-order valence-corrected chi connectivity index (χ3v) is 6.27. The van der Waals surface area contributed by atoms with Gasteiger partial charge in [0.1, 0.15) is 23.5 Å². The van der Waals surface area contributed by atoms with Gasteiger partial charge in [0.05, 0.1) is 34.1 Å². The molecule has 0 spiro atoms. The van der Waals surface area contributed by atoms with E-state index < -0.39 is 0 Å². The Morgan fingerprint density at radius 3 is 2.48 bits per heavy atom. The van der Waals surface area contributed by atoms with Crippen molar-refractivity contribution in [3.05, 3.63) is 52.9 Å². The summed E-state index contributed by atoms with van der Waals surface area (Å²) in [5, 5.41) is 13.3. The van der Waals surface area contributed by atoms with Crippen LogP contribution < -0.4 is 10.2 Å². The molecule has 4 aromatic rings. The number of halogens is 2. The minimum atomic E-state index is 0.196. The van der Waals surface area contributed by atoms with Crippen molar-refractivity contribution in [2.45, 2.75) is 0 Å². The summed E-state index contributed by atoms with van der Waals surface area (Å²) in [6.07, 6.45) is 3.30. The number of nitrogens with zero attached hydrogens (tertiary/aromatic N) is 6. The fraction of sp³-hybridized carbons (Fsp3) is 0.273. The number of aromatic nitrogens is 5. The molecule has 0 atom stereocenters. The number of aliphatic hydroxyl groups is 1. The Bertz CT molecular complexity index is 1230. The molecule has 3 aromatic heterocycles. The van der Waals surface area contributed by atoms with Gasteiger partial charge in [-0.05, 0) is 24.3 Å². The van der Waals surface area contributed by atoms with Gasteiger partial charge in [-0.25, -0.2) is 19.9 Å². The lowest BCUT2D eigenvalue weighted by Gasteiger charge is -2.35. The second kappa shape index (κ2) is 9.48. The molecule has 1 aliphatic rings. The minimum Gasteiger partial charge on any atom is -0.395 e. The maximum Gasteiger partial charge on any atom is 0.183 e. The largest absolute Gasteiger partial charge is 0.395 e. The summed E-state index contributed by atoms with van der Waals surface area (Å²) < 4.78 is 0. The number of benzene rings is 1. The van der Waals surface area contributed by atoms with Crippen LogP contribution >= 0.6 is 23.2 Å². The number of pyridine rings is 1. The Labute approximate surface area is 200 Å². The summed E-state index contributed by atoms with van der Waals surface area (Å²) >= 11 is 12.7. The molecule has 9 nitrogen and oxygen atoms in total. The van der Waals surface area contributed by atoms with Gasteiger partial charge in [-0.1, -0.05) is 29.3 Å². The average molecular weight is 485 g/mol. The topological polar surface area (TPSA) is 106 Å². The highest BCUT2D eigenvalue weighted by Gasteiger charge is 2.18. The SMILES string of the molecule is OCCN1CCN(c2ccc(Nc3ncnc4nc(-c5c(Cl)cccc5Cl)[nH]c34)nc2)CC1. The lowest BCUT2D eigenvalue weighted by molar-refractivity contribution is 0.189. The van der Waals surface area contributed by atoms with Gasteiger partial charge in [-0.2, -0.15) is 0 Å². The zero-order valence-corrected chi connectivity index (χ0v) is 19.2. The van der Waals surface area contributed by atoms with E-state index in [4.69, 9.17) is 28.3 Å². The standard InChI is InChI=1S/C22H22Cl2N8O/c23-15-2-1-3-16(24)18(15)20-29-19-21(26-13-27-22(19)30-20)28-17-5-4-14(12-25-17)32-8-6-31(7-9-32)10-11-33/h1-5,12-13,33H,6-11H2,(H2,25,26,27,28,29,30). The van der Waals surface area contributed by atoms with Gasteiger partial charge in [0.2, 0.25) is 0 Å². The number of fused-ring (bicyclic) bond motifs is 1. The van der Waals surface area contributed by atoms with Crippen LogP contribution in [0.25, 0.3) is 22.6 Å². The average Bonchev–Trinajstić information content (AvgIpc) is 3.25. The number of aliphatic hydroxyl groups excluding tert-OH is 1. The number of hydrogen-bond donors (Lipinski definition) is 3. The van der Waals surface area contributed by atoms with Crippen molar-refractivity contribution in [1.29, 1.82) is 0 Å². The molecule has 1 saturated heterocycles. The summed E-state index contributed by atoms with van der Waals surface area (Å²) in [4.78, 5) is 25.5. The van der Waals surface area contributed by atoms with Crippen LogP contribution in [-0.2, 0) is 0 Å². The molecular weight excluding hydrogens is 463 g/mol. The number of β-amino-alcohol motifs (C(OH)–C–C–N with tert-alkyl or cyclic N) is 1. The highest BCUT2D eigenvalue weighted by atomic mass is 35.5. The number of nitrogens with one attached hydrogen (secondary N) is 2. The second-order valence-corrected chi connectivity index (χ2v) is 8.50. The molecule has 0 aliphatic carbocycles. The van der Waals surface area contributed by atoms with Crippen molar-refractivity contribution in [2.24, 2.45) is 0 Å². The first-order chi connectivity index (χ1) is 16.1. The van der Waals surface area contributed by atoms with E-state index in [-0.39, 0.29) is 6.61 Å². The molecule has 0 unspecified atom stereocenters. The molecule has 1 fully saturated rings. The predicted octanol–water partition coefficient (Wildman–Crippen LogP) is 3.58. The van der Waals surface area contributed by atoms with E-state index in [0.29, 0.717) is 44.2 Å². The molecule has 11 heteroatoms. The van der Waals surface area contributed by atoms with Gasteiger partial charge in [0.15, 0.2) is 11.5 Å². The minimum absolute atomic E-state index is 0.196. The van der Waals surface area contributed by atoms with Gasteiger partial charge < -0.3 is 20.3 Å². The molecule has 0 amide bonds. The lowest BCUT2D eigenvalue weighted by Crippen LogP contribution is -2.47. The molecule has 3 N–H and O–H groups in total. The first kappa shape index (κ1) is 21.8. The third-order valence-electron chi connectivity index (χ3n) is 5.64. The molecule has 5 rings (SSSR count). The van der Waals surface area contributed by atoms with Crippen molar-refractivity contribution in [2.75, 3.05) is 49.5 Å². The normalized spacial score (nSPS) is 14.7. The number of rotatable bonds is 6. The first-order valence-corrected chi connectivity index (χ1v) is 11.3. The highest BCUT2D eigenvalue weighted by molar-refractivity contribution is 6.39. The Hall–Kier alpha value is -2.98. The van der Waals surface area contributed by atoms with Crippen molar-refractivity contribution in [1.82, 2.24) is 29.8 Å². The molecule has 1 aliphatic heterocycles. The zero-order chi connectivity index (χ0) is 22.8. The number of aromatic amines is 1. The summed E-state index contributed by atoms with van der Waals surface area (Å²) in [5.74, 6) is 1.73. The Morgan fingerprint density at radius 1 is 1.00 bits per heavy atom. The van der Waals surface area contributed by atoms with E-state index in [9.17, 15) is 0 Å². The summed E-state index contributed by atoms with van der Waals surface area (Å²) in [7, 11) is 0. The maximum absolute atomic E-state index is 9.10. The van der Waals surface area contributed by atoms with Crippen LogP contribution in [0.2, 0.25) is 10.0 Å². The fourth-order valence-corrected chi connectivity index (χ4v) is 4.48. The van der Waals surface area contributed by atoms with Crippen LogP contribution in [0.1, 0.15) is 0 Å². The zero-order valence-electron chi connectivity index (χ0n) is 17.7. The monoisotopic (exact) mass is 484 g/mol. The van der Waals surface area contributed by atoms with Gasteiger partial charge in [0, 0.05) is 32.7 Å². The molecule has 0 saturated carbocycles. The number of hydrogen-bond acceptors (Lipinski definition) is 8. The van der Waals surface area contributed by atoms with E-state index in [0.717, 1.165) is 38.4 Å². The van der Waals surface area contributed by atoms with Crippen LogP contribution in [0.4, 0.5) is 17.3 Å². The van der Waals surface area contributed by atoms with Crippen LogP contribution in [0.15, 0.2) is 42.9 Å². The highest BCUT2D eigenvalue weighted by Crippen LogP contribution is 2.34. The number of H-pyrrole nitrogens is 1. The van der Waals surface area contributed by atoms with Crippen molar-refractivity contribution < 1.29 is 5.11 Å². The Kier molecular flexibility index (Phi) is 6.28.